The van der Waals surface area contributed by atoms with Crippen molar-refractivity contribution in [2.45, 2.75) is 6.92 Å². The monoisotopic (exact) mass is 272 g/mol. The van der Waals surface area contributed by atoms with E-state index in [1.807, 2.05) is 20.2 Å². The van der Waals surface area contributed by atoms with Crippen molar-refractivity contribution in [1.82, 2.24) is 9.78 Å². The van der Waals surface area contributed by atoms with Crippen LogP contribution in [0.5, 0.6) is 11.5 Å². The Balaban J connectivity index is 2.22. The lowest BCUT2D eigenvalue weighted by molar-refractivity contribution is 0.104. The molecule has 0 saturated carbocycles. The number of aromatic hydroxyl groups is 1. The Hall–Kier alpha value is -2.56. The van der Waals surface area contributed by atoms with Crippen LogP contribution >= 0.6 is 0 Å². The van der Waals surface area contributed by atoms with Gasteiger partial charge in [0, 0.05) is 24.4 Å². The molecular formula is C15H16N2O3. The summed E-state index contributed by atoms with van der Waals surface area (Å²) in [5.74, 6) is 0.129. The molecule has 1 aromatic heterocycles. The Bertz CT molecular complexity index is 672. The zero-order valence-corrected chi connectivity index (χ0v) is 11.6. The number of benzene rings is 1. The number of carbonyl (C=O) groups excluding carboxylic acids is 1. The van der Waals surface area contributed by atoms with Crippen LogP contribution < -0.4 is 4.74 Å². The molecular weight excluding hydrogens is 256 g/mol. The molecule has 5 heteroatoms. The van der Waals surface area contributed by atoms with Crippen LogP contribution in [0, 0.1) is 6.92 Å². The molecule has 0 aliphatic carbocycles. The van der Waals surface area contributed by atoms with Crippen molar-refractivity contribution >= 4 is 11.9 Å². The van der Waals surface area contributed by atoms with Crippen LogP contribution in [0.1, 0.15) is 21.6 Å². The third-order valence-corrected chi connectivity index (χ3v) is 2.93. The summed E-state index contributed by atoms with van der Waals surface area (Å²) in [7, 11) is 3.27. The van der Waals surface area contributed by atoms with E-state index < -0.39 is 0 Å². The number of aromatic nitrogens is 2. The Kier molecular flexibility index (Phi) is 3.89. The lowest BCUT2D eigenvalue weighted by Crippen LogP contribution is -1.95. The van der Waals surface area contributed by atoms with E-state index in [0.29, 0.717) is 5.56 Å². The van der Waals surface area contributed by atoms with Gasteiger partial charge in [0.25, 0.3) is 0 Å². The standard InChI is InChI=1S/C15H16N2O3/c1-10-12(9-17(2)16-10)5-6-13(18)11-4-7-14(19)15(8-11)20-3/h4-9,19H,1-3H3/b6-5+. The lowest BCUT2D eigenvalue weighted by Gasteiger charge is -2.04. The molecule has 5 nitrogen and oxygen atoms in total. The molecule has 1 N–H and O–H groups in total. The molecule has 0 unspecified atom stereocenters. The molecule has 0 bridgehead atoms. The molecule has 0 aliphatic rings. The minimum Gasteiger partial charge on any atom is -0.504 e. The topological polar surface area (TPSA) is 64.4 Å². The van der Waals surface area contributed by atoms with Gasteiger partial charge in [0.1, 0.15) is 0 Å². The van der Waals surface area contributed by atoms with Crippen LogP contribution in [0.2, 0.25) is 0 Å². The van der Waals surface area contributed by atoms with Gasteiger partial charge in [-0.15, -0.1) is 0 Å². The van der Waals surface area contributed by atoms with Crippen molar-refractivity contribution in [3.63, 3.8) is 0 Å². The molecule has 0 aliphatic heterocycles. The van der Waals surface area contributed by atoms with E-state index >= 15 is 0 Å². The molecule has 2 rings (SSSR count). The SMILES string of the molecule is COc1cc(C(=O)/C=C/c2cn(C)nc2C)ccc1O. The molecule has 0 spiro atoms. The van der Waals surface area contributed by atoms with Crippen molar-refractivity contribution in [2.24, 2.45) is 7.05 Å². The highest BCUT2D eigenvalue weighted by Gasteiger charge is 2.08. The second kappa shape index (κ2) is 5.61. The van der Waals surface area contributed by atoms with Crippen molar-refractivity contribution in [3.8, 4) is 11.5 Å². The van der Waals surface area contributed by atoms with E-state index in [-0.39, 0.29) is 17.3 Å². The lowest BCUT2D eigenvalue weighted by atomic mass is 10.1. The summed E-state index contributed by atoms with van der Waals surface area (Å²) in [4.78, 5) is 12.1. The average molecular weight is 272 g/mol. The summed E-state index contributed by atoms with van der Waals surface area (Å²) in [5, 5.41) is 13.7. The van der Waals surface area contributed by atoms with Crippen LogP contribution in [0.3, 0.4) is 0 Å². The third-order valence-electron chi connectivity index (χ3n) is 2.93. The molecule has 0 radical (unpaired) electrons. The highest BCUT2D eigenvalue weighted by molar-refractivity contribution is 6.07. The maximum absolute atomic E-state index is 12.1. The fourth-order valence-electron chi connectivity index (χ4n) is 1.87. The number of phenolic OH excluding ortho intramolecular Hbond substituents is 1. The summed E-state index contributed by atoms with van der Waals surface area (Å²) in [6.07, 6.45) is 5.05. The molecule has 0 amide bonds. The van der Waals surface area contributed by atoms with E-state index in [4.69, 9.17) is 4.74 Å². The maximum Gasteiger partial charge on any atom is 0.185 e. The summed E-state index contributed by atoms with van der Waals surface area (Å²) in [5.41, 5.74) is 2.21. The van der Waals surface area contributed by atoms with Crippen LogP contribution in [-0.4, -0.2) is 27.8 Å². The fourth-order valence-corrected chi connectivity index (χ4v) is 1.87. The first-order valence-corrected chi connectivity index (χ1v) is 6.11. The van der Waals surface area contributed by atoms with Crippen molar-refractivity contribution in [3.05, 3.63) is 47.3 Å². The maximum atomic E-state index is 12.1. The van der Waals surface area contributed by atoms with Gasteiger partial charge in [0.15, 0.2) is 17.3 Å². The molecule has 0 saturated heterocycles. The van der Waals surface area contributed by atoms with Gasteiger partial charge in [-0.25, -0.2) is 0 Å². The Morgan fingerprint density at radius 3 is 2.80 bits per heavy atom. The quantitative estimate of drug-likeness (QED) is 0.685. The van der Waals surface area contributed by atoms with Crippen LogP contribution in [0.25, 0.3) is 6.08 Å². The molecule has 20 heavy (non-hydrogen) atoms. The highest BCUT2D eigenvalue weighted by atomic mass is 16.5. The number of nitrogens with zero attached hydrogens (tertiary/aromatic N) is 2. The van der Waals surface area contributed by atoms with Crippen molar-refractivity contribution < 1.29 is 14.6 Å². The number of rotatable bonds is 4. The predicted molar refractivity (Wildman–Crippen MR) is 76.0 cm³/mol. The van der Waals surface area contributed by atoms with Crippen molar-refractivity contribution in [1.29, 1.82) is 0 Å². The fraction of sp³-hybridized carbons (Fsp3) is 0.200. The molecule has 0 fully saturated rings. The summed E-state index contributed by atoms with van der Waals surface area (Å²) >= 11 is 0. The number of aryl methyl sites for hydroxylation is 2. The number of methoxy groups -OCH3 is 1. The largest absolute Gasteiger partial charge is 0.504 e. The Morgan fingerprint density at radius 2 is 2.20 bits per heavy atom. The highest BCUT2D eigenvalue weighted by Crippen LogP contribution is 2.26. The second-order valence-electron chi connectivity index (χ2n) is 4.43. The average Bonchev–Trinajstić information content (AvgIpc) is 2.74. The first-order chi connectivity index (χ1) is 9.51. The van der Waals surface area contributed by atoms with Gasteiger partial charge < -0.3 is 9.84 Å². The van der Waals surface area contributed by atoms with Crippen LogP contribution in [0.4, 0.5) is 0 Å². The van der Waals surface area contributed by atoms with Crippen LogP contribution in [-0.2, 0) is 7.05 Å². The van der Waals surface area contributed by atoms with Gasteiger partial charge in [0.2, 0.25) is 0 Å². The number of carbonyl (C=O) groups is 1. The first-order valence-electron chi connectivity index (χ1n) is 6.11. The second-order valence-corrected chi connectivity index (χ2v) is 4.43. The number of ether oxygens (including phenoxy) is 1. The van der Waals surface area contributed by atoms with E-state index in [9.17, 15) is 9.90 Å². The van der Waals surface area contributed by atoms with Gasteiger partial charge in [-0.05, 0) is 37.3 Å². The minimum atomic E-state index is -0.161. The number of hydrogen-bond acceptors (Lipinski definition) is 4. The normalized spacial score (nSPS) is 10.9. The van der Waals surface area contributed by atoms with E-state index in [0.717, 1.165) is 11.3 Å². The number of hydrogen-bond donors (Lipinski definition) is 1. The zero-order valence-electron chi connectivity index (χ0n) is 11.6. The van der Waals surface area contributed by atoms with Gasteiger partial charge >= 0.3 is 0 Å². The van der Waals surface area contributed by atoms with Gasteiger partial charge in [-0.1, -0.05) is 0 Å². The first kappa shape index (κ1) is 13.9. The predicted octanol–water partition coefficient (Wildman–Crippen LogP) is 2.34. The smallest absolute Gasteiger partial charge is 0.185 e. The summed E-state index contributed by atoms with van der Waals surface area (Å²) in [6.45, 7) is 1.88. The van der Waals surface area contributed by atoms with E-state index in [1.54, 1.807) is 16.8 Å². The van der Waals surface area contributed by atoms with Gasteiger partial charge in [0.05, 0.1) is 12.8 Å². The number of allylic oxidation sites excluding steroid dienone is 1. The number of ketones is 1. The molecule has 0 atom stereocenters. The molecule has 2 aromatic rings. The van der Waals surface area contributed by atoms with E-state index in [1.165, 1.54) is 25.3 Å². The van der Waals surface area contributed by atoms with Gasteiger partial charge in [-0.2, -0.15) is 5.10 Å². The third kappa shape index (κ3) is 2.88. The van der Waals surface area contributed by atoms with E-state index in [2.05, 4.69) is 5.10 Å². The Labute approximate surface area is 117 Å². The van der Waals surface area contributed by atoms with Crippen molar-refractivity contribution in [2.75, 3.05) is 7.11 Å². The molecule has 104 valence electrons. The molecule has 1 aromatic carbocycles. The summed E-state index contributed by atoms with van der Waals surface area (Å²) < 4.78 is 6.68. The molecule has 1 heterocycles. The zero-order chi connectivity index (χ0) is 14.7. The Morgan fingerprint density at radius 1 is 1.45 bits per heavy atom. The van der Waals surface area contributed by atoms with Crippen LogP contribution in [0.15, 0.2) is 30.5 Å². The van der Waals surface area contributed by atoms with Gasteiger partial charge in [-0.3, -0.25) is 9.48 Å². The minimum absolute atomic E-state index is 0.0103. The summed E-state index contributed by atoms with van der Waals surface area (Å²) in [6, 6.07) is 4.51. The number of phenols is 1.